The van der Waals surface area contributed by atoms with Crippen LogP contribution in [0.4, 0.5) is 5.69 Å². The fourth-order valence-electron chi connectivity index (χ4n) is 4.95. The molecule has 2 aliphatic heterocycles. The second-order valence-corrected chi connectivity index (χ2v) is 9.03. The lowest BCUT2D eigenvalue weighted by Crippen LogP contribution is -2.43. The third-order valence-electron chi connectivity index (χ3n) is 6.73. The second kappa shape index (κ2) is 12.3. The number of carbonyl (C=O) groups is 1. The summed E-state index contributed by atoms with van der Waals surface area (Å²) in [5, 5.41) is 3.18. The first-order chi connectivity index (χ1) is 17.5. The molecule has 0 spiro atoms. The van der Waals surface area contributed by atoms with Crippen LogP contribution < -0.4 is 24.4 Å². The molecule has 2 aromatic carbocycles. The maximum absolute atomic E-state index is 13.4. The Hall–Kier alpha value is -2.97. The molecular weight excluding hydrogens is 458 g/mol. The van der Waals surface area contributed by atoms with Gasteiger partial charge in [-0.3, -0.25) is 9.69 Å². The number of ether oxygens (including phenoxy) is 4. The minimum atomic E-state index is -0.167. The monoisotopic (exact) mass is 497 g/mol. The zero-order valence-corrected chi connectivity index (χ0v) is 22.0. The van der Waals surface area contributed by atoms with Crippen LogP contribution in [0.3, 0.4) is 0 Å². The Balaban J connectivity index is 1.57. The molecule has 4 rings (SSSR count). The summed E-state index contributed by atoms with van der Waals surface area (Å²) in [6.45, 7) is 11.7. The van der Waals surface area contributed by atoms with Gasteiger partial charge in [-0.1, -0.05) is 12.1 Å². The van der Waals surface area contributed by atoms with Crippen LogP contribution in [0, 0.1) is 0 Å². The van der Waals surface area contributed by atoms with E-state index in [0.29, 0.717) is 62.4 Å². The third kappa shape index (κ3) is 5.87. The molecule has 0 saturated carbocycles. The number of nitrogens with one attached hydrogen (secondary N) is 1. The fourth-order valence-corrected chi connectivity index (χ4v) is 4.95. The van der Waals surface area contributed by atoms with Crippen molar-refractivity contribution in [3.05, 3.63) is 47.0 Å². The Bertz CT molecular complexity index is 1010. The molecule has 0 radical (unpaired) electrons. The second-order valence-electron chi connectivity index (χ2n) is 9.03. The molecule has 1 amide bonds. The summed E-state index contributed by atoms with van der Waals surface area (Å²) in [5.41, 5.74) is 4.38. The van der Waals surface area contributed by atoms with Crippen LogP contribution in [0.25, 0.3) is 0 Å². The Morgan fingerprint density at radius 1 is 0.972 bits per heavy atom. The Morgan fingerprint density at radius 2 is 1.64 bits per heavy atom. The largest absolute Gasteiger partial charge is 0.490 e. The first-order valence-corrected chi connectivity index (χ1v) is 13.1. The molecule has 1 unspecified atom stereocenters. The summed E-state index contributed by atoms with van der Waals surface area (Å²) in [6, 6.07) is 10.3. The first kappa shape index (κ1) is 26.1. The number of rotatable bonds is 11. The Kier molecular flexibility index (Phi) is 8.93. The van der Waals surface area contributed by atoms with Gasteiger partial charge in [0, 0.05) is 44.5 Å². The molecule has 2 heterocycles. The summed E-state index contributed by atoms with van der Waals surface area (Å²) >= 11 is 0. The minimum absolute atomic E-state index is 0.0643. The van der Waals surface area contributed by atoms with Crippen LogP contribution in [-0.2, 0) is 11.2 Å². The van der Waals surface area contributed by atoms with Crippen LogP contribution >= 0.6 is 0 Å². The average Bonchev–Trinajstić information content (AvgIpc) is 3.26. The van der Waals surface area contributed by atoms with Gasteiger partial charge in [0.25, 0.3) is 5.91 Å². The van der Waals surface area contributed by atoms with Crippen LogP contribution in [0.2, 0.25) is 0 Å². The summed E-state index contributed by atoms with van der Waals surface area (Å²) in [4.78, 5) is 18.1. The fraction of sp³-hybridized carbons (Fsp3) is 0.536. The molecule has 2 aromatic rings. The van der Waals surface area contributed by atoms with Crippen LogP contribution in [0.15, 0.2) is 30.3 Å². The van der Waals surface area contributed by atoms with Crippen molar-refractivity contribution in [1.82, 2.24) is 10.2 Å². The predicted molar refractivity (Wildman–Crippen MR) is 141 cm³/mol. The van der Waals surface area contributed by atoms with Crippen molar-refractivity contribution >= 4 is 11.6 Å². The Labute approximate surface area is 214 Å². The molecule has 1 fully saturated rings. The van der Waals surface area contributed by atoms with Gasteiger partial charge < -0.3 is 29.2 Å². The zero-order chi connectivity index (χ0) is 25.5. The topological polar surface area (TPSA) is 72.5 Å². The van der Waals surface area contributed by atoms with E-state index in [9.17, 15) is 4.79 Å². The van der Waals surface area contributed by atoms with E-state index in [0.717, 1.165) is 26.1 Å². The quantitative estimate of drug-likeness (QED) is 0.508. The molecular formula is C28H39N3O5. The van der Waals surface area contributed by atoms with Crippen molar-refractivity contribution in [2.24, 2.45) is 0 Å². The van der Waals surface area contributed by atoms with Gasteiger partial charge in [0.2, 0.25) is 5.75 Å². The van der Waals surface area contributed by atoms with Gasteiger partial charge in [-0.25, -0.2) is 0 Å². The number of hydrogen-bond donors (Lipinski definition) is 1. The van der Waals surface area contributed by atoms with Gasteiger partial charge in [-0.2, -0.15) is 0 Å². The van der Waals surface area contributed by atoms with E-state index in [1.807, 2.05) is 20.8 Å². The maximum atomic E-state index is 13.4. The van der Waals surface area contributed by atoms with E-state index < -0.39 is 0 Å². The van der Waals surface area contributed by atoms with E-state index in [2.05, 4.69) is 40.4 Å². The predicted octanol–water partition coefficient (Wildman–Crippen LogP) is 3.68. The summed E-state index contributed by atoms with van der Waals surface area (Å²) < 4.78 is 23.0. The molecule has 2 aliphatic rings. The van der Waals surface area contributed by atoms with Gasteiger partial charge in [0.1, 0.15) is 0 Å². The standard InChI is InChI=1S/C28H39N3O5/c1-5-34-25-17-22(18-26(35-6-2)27(25)36-7-3)28(32)29-19-24(31-12-14-33-15-13-31)20-8-9-23-21(16-20)10-11-30(23)4/h8-9,16-18,24H,5-7,10-15,19H2,1-4H3,(H,29,32). The van der Waals surface area contributed by atoms with Gasteiger partial charge in [-0.05, 0) is 56.5 Å². The minimum Gasteiger partial charge on any atom is -0.490 e. The SMILES string of the molecule is CCOc1cc(C(=O)NCC(c2ccc3c(c2)CCN3C)N2CCOCC2)cc(OCC)c1OCC. The molecule has 1 N–H and O–H groups in total. The van der Waals surface area contributed by atoms with Crippen molar-refractivity contribution in [2.75, 3.05) is 71.2 Å². The number of benzene rings is 2. The molecule has 1 saturated heterocycles. The van der Waals surface area contributed by atoms with Gasteiger partial charge in [0.05, 0.1) is 39.1 Å². The molecule has 196 valence electrons. The smallest absolute Gasteiger partial charge is 0.251 e. The highest BCUT2D eigenvalue weighted by molar-refractivity contribution is 5.95. The molecule has 0 aliphatic carbocycles. The van der Waals surface area contributed by atoms with E-state index in [-0.39, 0.29) is 11.9 Å². The molecule has 36 heavy (non-hydrogen) atoms. The van der Waals surface area contributed by atoms with Crippen molar-refractivity contribution in [1.29, 1.82) is 0 Å². The highest BCUT2D eigenvalue weighted by Crippen LogP contribution is 2.39. The molecule has 8 nitrogen and oxygen atoms in total. The summed E-state index contributed by atoms with van der Waals surface area (Å²) in [7, 11) is 2.13. The highest BCUT2D eigenvalue weighted by Gasteiger charge is 2.26. The molecule has 0 aromatic heterocycles. The number of morpholine rings is 1. The van der Waals surface area contributed by atoms with E-state index in [1.165, 1.54) is 16.8 Å². The number of hydrogen-bond acceptors (Lipinski definition) is 7. The number of likely N-dealkylation sites (N-methyl/N-ethyl adjacent to an activating group) is 1. The normalized spacial score (nSPS) is 16.4. The average molecular weight is 498 g/mol. The molecule has 8 heteroatoms. The van der Waals surface area contributed by atoms with Crippen LogP contribution in [0.5, 0.6) is 17.2 Å². The van der Waals surface area contributed by atoms with E-state index >= 15 is 0 Å². The summed E-state index contributed by atoms with van der Waals surface area (Å²) in [5.74, 6) is 1.40. The number of carbonyl (C=O) groups excluding carboxylic acids is 1. The van der Waals surface area contributed by atoms with Crippen molar-refractivity contribution in [3.63, 3.8) is 0 Å². The lowest BCUT2D eigenvalue weighted by atomic mass is 10.00. The maximum Gasteiger partial charge on any atom is 0.251 e. The lowest BCUT2D eigenvalue weighted by Gasteiger charge is -2.35. The number of amides is 1. The zero-order valence-electron chi connectivity index (χ0n) is 22.0. The molecule has 1 atom stereocenters. The van der Waals surface area contributed by atoms with Crippen molar-refractivity contribution in [3.8, 4) is 17.2 Å². The highest BCUT2D eigenvalue weighted by atomic mass is 16.5. The lowest BCUT2D eigenvalue weighted by molar-refractivity contribution is 0.0162. The van der Waals surface area contributed by atoms with Crippen LogP contribution in [-0.4, -0.2) is 77.1 Å². The van der Waals surface area contributed by atoms with Gasteiger partial charge in [-0.15, -0.1) is 0 Å². The summed E-state index contributed by atoms with van der Waals surface area (Å²) in [6.07, 6.45) is 1.05. The molecule has 0 bridgehead atoms. The van der Waals surface area contributed by atoms with Gasteiger partial charge in [0.15, 0.2) is 11.5 Å². The number of nitrogens with zero attached hydrogens (tertiary/aromatic N) is 2. The van der Waals surface area contributed by atoms with E-state index in [4.69, 9.17) is 18.9 Å². The van der Waals surface area contributed by atoms with E-state index in [1.54, 1.807) is 12.1 Å². The van der Waals surface area contributed by atoms with Crippen LogP contribution in [0.1, 0.15) is 48.3 Å². The number of fused-ring (bicyclic) bond motifs is 1. The Morgan fingerprint density at radius 3 is 2.28 bits per heavy atom. The van der Waals surface area contributed by atoms with Gasteiger partial charge >= 0.3 is 0 Å². The van der Waals surface area contributed by atoms with Crippen molar-refractivity contribution < 1.29 is 23.7 Å². The third-order valence-corrected chi connectivity index (χ3v) is 6.73. The number of anilines is 1. The van der Waals surface area contributed by atoms with Crippen molar-refractivity contribution in [2.45, 2.75) is 33.2 Å². The first-order valence-electron chi connectivity index (χ1n) is 13.1.